The Morgan fingerprint density at radius 1 is 1.33 bits per heavy atom. The first-order chi connectivity index (χ1) is 7.07. The van der Waals surface area contributed by atoms with Gasteiger partial charge in [-0.25, -0.2) is 0 Å². The summed E-state index contributed by atoms with van der Waals surface area (Å²) < 4.78 is 11.4. The molecule has 2 fully saturated rings. The minimum absolute atomic E-state index is 0.00252. The second-order valence-corrected chi connectivity index (χ2v) is 4.49. The van der Waals surface area contributed by atoms with E-state index in [9.17, 15) is 5.11 Å². The molecule has 5 heteroatoms. The number of nitrogens with zero attached hydrogens (tertiary/aromatic N) is 1. The number of aliphatic hydroxyl groups is 1. The number of fused-ring (bicyclic) bond motifs is 1. The van der Waals surface area contributed by atoms with Crippen LogP contribution >= 0.6 is 0 Å². The lowest BCUT2D eigenvalue weighted by Crippen LogP contribution is -2.40. The number of rotatable bonds is 2. The zero-order chi connectivity index (χ0) is 11.1. The Balaban J connectivity index is 2.12. The molecule has 2 aliphatic heterocycles. The van der Waals surface area contributed by atoms with E-state index < -0.39 is 5.79 Å². The molecule has 0 aromatic rings. The third kappa shape index (κ3) is 1.86. The van der Waals surface area contributed by atoms with Crippen molar-refractivity contribution in [2.45, 2.75) is 50.3 Å². The van der Waals surface area contributed by atoms with Crippen LogP contribution in [0.5, 0.6) is 0 Å². The maximum Gasteiger partial charge on any atom is 0.163 e. The molecular formula is C10H16N2O3. The number of aliphatic hydroxyl groups excluding tert-OH is 1. The fraction of sp³-hybridized carbons (Fsp3) is 0.900. The van der Waals surface area contributed by atoms with Gasteiger partial charge >= 0.3 is 0 Å². The van der Waals surface area contributed by atoms with Crippen LogP contribution in [0.25, 0.3) is 0 Å². The summed E-state index contributed by atoms with van der Waals surface area (Å²) in [6, 6.07) is 1.94. The van der Waals surface area contributed by atoms with Crippen LogP contribution in [0.15, 0.2) is 0 Å². The lowest BCUT2D eigenvalue weighted by molar-refractivity contribution is -0.157. The van der Waals surface area contributed by atoms with E-state index in [0.717, 1.165) is 0 Å². The first kappa shape index (κ1) is 10.8. The molecule has 0 saturated carbocycles. The summed E-state index contributed by atoms with van der Waals surface area (Å²) in [5.74, 6) is -0.613. The van der Waals surface area contributed by atoms with Gasteiger partial charge in [0.05, 0.1) is 25.1 Å². The predicted octanol–water partition coefficient (Wildman–Crippen LogP) is -0.247. The van der Waals surface area contributed by atoms with E-state index in [1.54, 1.807) is 0 Å². The molecule has 2 aliphatic rings. The van der Waals surface area contributed by atoms with Gasteiger partial charge < -0.3 is 19.9 Å². The van der Waals surface area contributed by atoms with Gasteiger partial charge in [-0.2, -0.15) is 5.26 Å². The highest BCUT2D eigenvalue weighted by molar-refractivity contribution is 5.06. The van der Waals surface area contributed by atoms with E-state index >= 15 is 0 Å². The van der Waals surface area contributed by atoms with Gasteiger partial charge in [0.2, 0.25) is 0 Å². The SMILES string of the molecule is CC1(C)O[C@@H]2[C@@H](CO)NC(CC#N)[C@@H]2O1. The Kier molecular flexibility index (Phi) is 2.69. The number of hydrogen-bond donors (Lipinski definition) is 2. The molecule has 2 rings (SSSR count). The molecule has 2 heterocycles. The van der Waals surface area contributed by atoms with Gasteiger partial charge in [0, 0.05) is 6.04 Å². The van der Waals surface area contributed by atoms with E-state index in [0.29, 0.717) is 6.42 Å². The quantitative estimate of drug-likeness (QED) is 0.660. The highest BCUT2D eigenvalue weighted by Crippen LogP contribution is 2.36. The van der Waals surface area contributed by atoms with E-state index in [1.165, 1.54) is 0 Å². The van der Waals surface area contributed by atoms with Gasteiger partial charge in [0.15, 0.2) is 5.79 Å². The normalized spacial score (nSPS) is 42.5. The molecule has 0 aromatic carbocycles. The molecule has 15 heavy (non-hydrogen) atoms. The zero-order valence-corrected chi connectivity index (χ0v) is 8.93. The van der Waals surface area contributed by atoms with Gasteiger partial charge in [-0.1, -0.05) is 0 Å². The van der Waals surface area contributed by atoms with Crippen LogP contribution in [0.4, 0.5) is 0 Å². The molecule has 0 amide bonds. The standard InChI is InChI=1S/C10H16N2O3/c1-10(2)14-8-6(3-4-11)12-7(5-13)9(8)15-10/h6-9,12-13H,3,5H2,1-2H3/t6?,7-,8+,9-/m1/s1. The molecule has 1 unspecified atom stereocenters. The molecule has 5 nitrogen and oxygen atoms in total. The Labute approximate surface area is 89.0 Å². The maximum atomic E-state index is 9.19. The van der Waals surface area contributed by atoms with E-state index in [4.69, 9.17) is 14.7 Å². The second kappa shape index (κ2) is 3.72. The Hall–Kier alpha value is -0.670. The summed E-state index contributed by atoms with van der Waals surface area (Å²) in [6.07, 6.45) is 0.0945. The monoisotopic (exact) mass is 212 g/mol. The number of ether oxygens (including phenoxy) is 2. The van der Waals surface area contributed by atoms with Crippen molar-refractivity contribution < 1.29 is 14.6 Å². The molecule has 0 spiro atoms. The Bertz CT molecular complexity index is 287. The summed E-state index contributed by atoms with van der Waals surface area (Å²) in [6.45, 7) is 3.70. The first-order valence-electron chi connectivity index (χ1n) is 5.17. The second-order valence-electron chi connectivity index (χ2n) is 4.49. The third-order valence-electron chi connectivity index (χ3n) is 2.89. The van der Waals surface area contributed by atoms with Gasteiger partial charge in [-0.05, 0) is 13.8 Å². The van der Waals surface area contributed by atoms with Crippen LogP contribution in [-0.2, 0) is 9.47 Å². The summed E-state index contributed by atoms with van der Waals surface area (Å²) >= 11 is 0. The molecule has 84 valence electrons. The third-order valence-corrected chi connectivity index (χ3v) is 2.89. The van der Waals surface area contributed by atoms with Gasteiger partial charge in [0.1, 0.15) is 12.2 Å². The first-order valence-corrected chi connectivity index (χ1v) is 5.17. The summed E-state index contributed by atoms with van der Waals surface area (Å²) in [4.78, 5) is 0. The van der Waals surface area contributed by atoms with Crippen molar-refractivity contribution in [3.8, 4) is 6.07 Å². The minimum atomic E-state index is -0.613. The number of nitriles is 1. The topological polar surface area (TPSA) is 74.5 Å². The predicted molar refractivity (Wildman–Crippen MR) is 51.9 cm³/mol. The van der Waals surface area contributed by atoms with Crippen molar-refractivity contribution in [2.75, 3.05) is 6.61 Å². The summed E-state index contributed by atoms with van der Waals surface area (Å²) in [5.41, 5.74) is 0. The lowest BCUT2D eigenvalue weighted by Gasteiger charge is -2.23. The van der Waals surface area contributed by atoms with Crippen LogP contribution in [0.2, 0.25) is 0 Å². The van der Waals surface area contributed by atoms with Crippen molar-refractivity contribution in [2.24, 2.45) is 0 Å². The maximum absolute atomic E-state index is 9.19. The molecular weight excluding hydrogens is 196 g/mol. The zero-order valence-electron chi connectivity index (χ0n) is 8.93. The van der Waals surface area contributed by atoms with Crippen LogP contribution in [0.3, 0.4) is 0 Å². The van der Waals surface area contributed by atoms with E-state index in [2.05, 4.69) is 11.4 Å². The van der Waals surface area contributed by atoms with Crippen LogP contribution in [0.1, 0.15) is 20.3 Å². The average molecular weight is 212 g/mol. The molecule has 0 radical (unpaired) electrons. The smallest absolute Gasteiger partial charge is 0.163 e. The fourth-order valence-electron chi connectivity index (χ4n) is 2.33. The Morgan fingerprint density at radius 3 is 2.47 bits per heavy atom. The van der Waals surface area contributed by atoms with Gasteiger partial charge in [0.25, 0.3) is 0 Å². The van der Waals surface area contributed by atoms with Crippen molar-refractivity contribution in [3.63, 3.8) is 0 Å². The lowest BCUT2D eigenvalue weighted by atomic mass is 10.1. The Morgan fingerprint density at radius 2 is 1.93 bits per heavy atom. The largest absolute Gasteiger partial charge is 0.395 e. The molecule has 0 aliphatic carbocycles. The van der Waals surface area contributed by atoms with Gasteiger partial charge in [-0.15, -0.1) is 0 Å². The molecule has 0 bridgehead atoms. The van der Waals surface area contributed by atoms with Gasteiger partial charge in [-0.3, -0.25) is 0 Å². The van der Waals surface area contributed by atoms with Crippen molar-refractivity contribution >= 4 is 0 Å². The fourth-order valence-corrected chi connectivity index (χ4v) is 2.33. The number of hydrogen-bond acceptors (Lipinski definition) is 5. The van der Waals surface area contributed by atoms with Crippen LogP contribution < -0.4 is 5.32 Å². The minimum Gasteiger partial charge on any atom is -0.395 e. The molecule has 0 aromatic heterocycles. The van der Waals surface area contributed by atoms with Crippen LogP contribution in [-0.4, -0.2) is 41.8 Å². The number of nitrogens with one attached hydrogen (secondary N) is 1. The van der Waals surface area contributed by atoms with Crippen LogP contribution in [0, 0.1) is 11.3 Å². The average Bonchev–Trinajstić information content (AvgIpc) is 2.61. The van der Waals surface area contributed by atoms with E-state index in [-0.39, 0.29) is 30.9 Å². The van der Waals surface area contributed by atoms with Crippen molar-refractivity contribution in [1.82, 2.24) is 5.32 Å². The highest BCUT2D eigenvalue weighted by atomic mass is 16.8. The van der Waals surface area contributed by atoms with Crippen molar-refractivity contribution in [3.05, 3.63) is 0 Å². The van der Waals surface area contributed by atoms with Crippen molar-refractivity contribution in [1.29, 1.82) is 5.26 Å². The highest BCUT2D eigenvalue weighted by Gasteiger charge is 2.53. The molecule has 2 saturated heterocycles. The summed E-state index contributed by atoms with van der Waals surface area (Å²) in [5, 5.41) is 21.0. The molecule has 4 atom stereocenters. The molecule has 2 N–H and O–H groups in total. The van der Waals surface area contributed by atoms with E-state index in [1.807, 2.05) is 13.8 Å². The summed E-state index contributed by atoms with van der Waals surface area (Å²) in [7, 11) is 0.